The third-order valence-corrected chi connectivity index (χ3v) is 4.37. The minimum atomic E-state index is 0.670. The summed E-state index contributed by atoms with van der Waals surface area (Å²) in [6.07, 6.45) is 4.56. The average molecular weight is 393 g/mol. The quantitative estimate of drug-likeness (QED) is 0.453. The topological polar surface area (TPSA) is 72.7 Å². The van der Waals surface area contributed by atoms with Crippen LogP contribution in [0, 0.1) is 0 Å². The Labute approximate surface area is 171 Å². The number of rotatable bonds is 8. The molecule has 0 unspecified atom stereocenters. The molecule has 0 aliphatic rings. The summed E-state index contributed by atoms with van der Waals surface area (Å²) in [6.45, 7) is 3.49. The summed E-state index contributed by atoms with van der Waals surface area (Å²) in [4.78, 5) is 4.68. The van der Waals surface area contributed by atoms with Crippen LogP contribution in [0.1, 0.15) is 12.5 Å². The fourth-order valence-corrected chi connectivity index (χ4v) is 2.89. The summed E-state index contributed by atoms with van der Waals surface area (Å²) in [5.74, 6) is 2.09. The average Bonchev–Trinajstić information content (AvgIpc) is 3.29. The highest BCUT2D eigenvalue weighted by Gasteiger charge is 2.06. The van der Waals surface area contributed by atoms with Crippen LogP contribution >= 0.6 is 0 Å². The van der Waals surface area contributed by atoms with Gasteiger partial charge in [-0.25, -0.2) is 4.68 Å². The maximum atomic E-state index is 5.36. The van der Waals surface area contributed by atoms with Gasteiger partial charge in [0.05, 0.1) is 19.9 Å². The molecule has 1 heterocycles. The third-order valence-electron chi connectivity index (χ3n) is 4.37. The monoisotopic (exact) mass is 393 g/mol. The number of hydrogen-bond donors (Lipinski definition) is 2. The zero-order valence-corrected chi connectivity index (χ0v) is 17.1. The number of methoxy groups -OCH3 is 2. The molecular weight excluding hydrogens is 366 g/mol. The lowest BCUT2D eigenvalue weighted by molar-refractivity contribution is 0.355. The molecule has 0 atom stereocenters. The van der Waals surface area contributed by atoms with Gasteiger partial charge in [0, 0.05) is 37.2 Å². The predicted octanol–water partition coefficient (Wildman–Crippen LogP) is 3.51. The number of anilines is 1. The van der Waals surface area contributed by atoms with Crippen molar-refractivity contribution < 1.29 is 9.47 Å². The van der Waals surface area contributed by atoms with Gasteiger partial charge in [-0.2, -0.15) is 5.10 Å². The van der Waals surface area contributed by atoms with Crippen LogP contribution in [0.15, 0.2) is 65.9 Å². The van der Waals surface area contributed by atoms with Crippen LogP contribution in [0.2, 0.25) is 0 Å². The first-order chi connectivity index (χ1) is 14.2. The van der Waals surface area contributed by atoms with Gasteiger partial charge in [0.2, 0.25) is 0 Å². The van der Waals surface area contributed by atoms with Gasteiger partial charge in [0.1, 0.15) is 0 Å². The van der Waals surface area contributed by atoms with E-state index in [0.29, 0.717) is 18.0 Å². The van der Waals surface area contributed by atoms with Crippen LogP contribution in [-0.4, -0.2) is 43.0 Å². The molecule has 0 amide bonds. The minimum absolute atomic E-state index is 0.670. The number of aromatic nitrogens is 2. The first kappa shape index (κ1) is 20.3. The zero-order valence-electron chi connectivity index (χ0n) is 17.1. The summed E-state index contributed by atoms with van der Waals surface area (Å²) in [7, 11) is 3.25. The molecule has 0 aliphatic heterocycles. The van der Waals surface area contributed by atoms with E-state index in [4.69, 9.17) is 9.47 Å². The first-order valence-electron chi connectivity index (χ1n) is 9.59. The van der Waals surface area contributed by atoms with Gasteiger partial charge in [-0.1, -0.05) is 12.1 Å². The molecule has 0 spiro atoms. The number of aliphatic imine (C=N–C) groups is 1. The Bertz CT molecular complexity index is 921. The summed E-state index contributed by atoms with van der Waals surface area (Å²) in [5, 5.41) is 10.8. The normalized spacial score (nSPS) is 11.2. The Morgan fingerprint density at radius 2 is 1.86 bits per heavy atom. The molecular formula is C22H27N5O2. The Kier molecular flexibility index (Phi) is 7.10. The van der Waals surface area contributed by atoms with Crippen LogP contribution in [0.3, 0.4) is 0 Å². The Morgan fingerprint density at radius 3 is 2.52 bits per heavy atom. The molecule has 0 saturated carbocycles. The molecule has 0 bridgehead atoms. The van der Waals surface area contributed by atoms with E-state index >= 15 is 0 Å². The molecule has 7 nitrogen and oxygen atoms in total. The van der Waals surface area contributed by atoms with Gasteiger partial charge in [0.15, 0.2) is 17.5 Å². The van der Waals surface area contributed by atoms with Crippen LogP contribution in [0.4, 0.5) is 5.69 Å². The second-order valence-corrected chi connectivity index (χ2v) is 6.32. The number of benzene rings is 2. The van der Waals surface area contributed by atoms with E-state index in [9.17, 15) is 0 Å². The summed E-state index contributed by atoms with van der Waals surface area (Å²) in [5.41, 5.74) is 3.16. The van der Waals surface area contributed by atoms with Gasteiger partial charge in [0.25, 0.3) is 0 Å². The van der Waals surface area contributed by atoms with Crippen LogP contribution in [0.25, 0.3) is 5.69 Å². The van der Waals surface area contributed by atoms with E-state index in [-0.39, 0.29) is 0 Å². The van der Waals surface area contributed by atoms with Crippen molar-refractivity contribution in [2.24, 2.45) is 4.99 Å². The van der Waals surface area contributed by atoms with Gasteiger partial charge in [-0.3, -0.25) is 4.99 Å². The molecule has 2 N–H and O–H groups in total. The molecule has 29 heavy (non-hydrogen) atoms. The zero-order chi connectivity index (χ0) is 20.5. The van der Waals surface area contributed by atoms with Crippen molar-refractivity contribution in [3.8, 4) is 17.2 Å². The predicted molar refractivity (Wildman–Crippen MR) is 116 cm³/mol. The van der Waals surface area contributed by atoms with Crippen LogP contribution in [-0.2, 0) is 6.42 Å². The SMILES string of the molecule is CCNC(=NCCc1ccc(-n2cccn2)cc1)Nc1ccc(OC)c(OC)c1. The van der Waals surface area contributed by atoms with Crippen molar-refractivity contribution in [2.45, 2.75) is 13.3 Å². The highest BCUT2D eigenvalue weighted by Crippen LogP contribution is 2.29. The smallest absolute Gasteiger partial charge is 0.195 e. The van der Waals surface area contributed by atoms with Crippen LogP contribution < -0.4 is 20.1 Å². The van der Waals surface area contributed by atoms with Crippen molar-refractivity contribution in [1.29, 1.82) is 0 Å². The standard InChI is InChI=1S/C22H27N5O2/c1-4-23-22(26-18-8-11-20(28-2)21(16-18)29-3)24-14-12-17-6-9-19(10-7-17)27-15-5-13-25-27/h5-11,13,15-16H,4,12,14H2,1-3H3,(H2,23,24,26). The van der Waals surface area contributed by atoms with Crippen LogP contribution in [0.5, 0.6) is 11.5 Å². The largest absolute Gasteiger partial charge is 0.493 e. The lowest BCUT2D eigenvalue weighted by Crippen LogP contribution is -2.30. The molecule has 2 aromatic carbocycles. The lowest BCUT2D eigenvalue weighted by Gasteiger charge is -2.14. The van der Waals surface area contributed by atoms with Crippen molar-refractivity contribution in [3.63, 3.8) is 0 Å². The molecule has 3 rings (SSSR count). The van der Waals surface area contributed by atoms with Crippen molar-refractivity contribution >= 4 is 11.6 Å². The second-order valence-electron chi connectivity index (χ2n) is 6.32. The summed E-state index contributed by atoms with van der Waals surface area (Å²) in [6, 6.07) is 16.0. The Morgan fingerprint density at radius 1 is 1.07 bits per heavy atom. The highest BCUT2D eigenvalue weighted by molar-refractivity contribution is 5.93. The van der Waals surface area contributed by atoms with Crippen molar-refractivity contribution in [3.05, 3.63) is 66.5 Å². The minimum Gasteiger partial charge on any atom is -0.493 e. The maximum Gasteiger partial charge on any atom is 0.195 e. The summed E-state index contributed by atoms with van der Waals surface area (Å²) >= 11 is 0. The molecule has 3 aromatic rings. The highest BCUT2D eigenvalue weighted by atomic mass is 16.5. The van der Waals surface area contributed by atoms with Gasteiger partial charge in [-0.15, -0.1) is 0 Å². The van der Waals surface area contributed by atoms with E-state index in [0.717, 1.165) is 30.3 Å². The fraction of sp³-hybridized carbons (Fsp3) is 0.273. The molecule has 1 aromatic heterocycles. The Balaban J connectivity index is 1.62. The Hall–Kier alpha value is -3.48. The maximum absolute atomic E-state index is 5.36. The first-order valence-corrected chi connectivity index (χ1v) is 9.59. The van der Waals surface area contributed by atoms with E-state index in [1.54, 1.807) is 20.4 Å². The van der Waals surface area contributed by atoms with Gasteiger partial charge in [-0.05, 0) is 49.2 Å². The lowest BCUT2D eigenvalue weighted by atomic mass is 10.1. The van der Waals surface area contributed by atoms with Crippen molar-refractivity contribution in [1.82, 2.24) is 15.1 Å². The number of hydrogen-bond acceptors (Lipinski definition) is 4. The van der Waals surface area contributed by atoms with E-state index in [1.807, 2.05) is 42.1 Å². The van der Waals surface area contributed by atoms with E-state index in [2.05, 4.69) is 45.0 Å². The van der Waals surface area contributed by atoms with E-state index in [1.165, 1.54) is 5.56 Å². The number of nitrogens with one attached hydrogen (secondary N) is 2. The molecule has 0 aliphatic carbocycles. The van der Waals surface area contributed by atoms with Crippen molar-refractivity contribution in [2.75, 3.05) is 32.6 Å². The second kappa shape index (κ2) is 10.2. The molecule has 7 heteroatoms. The number of ether oxygens (including phenoxy) is 2. The molecule has 0 fully saturated rings. The summed E-state index contributed by atoms with van der Waals surface area (Å²) < 4.78 is 12.5. The number of nitrogens with zero attached hydrogens (tertiary/aromatic N) is 3. The molecule has 0 radical (unpaired) electrons. The number of guanidine groups is 1. The van der Waals surface area contributed by atoms with E-state index < -0.39 is 0 Å². The van der Waals surface area contributed by atoms with Gasteiger partial charge < -0.3 is 20.1 Å². The third kappa shape index (κ3) is 5.51. The van der Waals surface area contributed by atoms with Gasteiger partial charge >= 0.3 is 0 Å². The fourth-order valence-electron chi connectivity index (χ4n) is 2.89. The molecule has 152 valence electrons. The molecule has 0 saturated heterocycles.